The molecule has 1 heterocycles. The van der Waals surface area contributed by atoms with Crippen LogP contribution in [0.25, 0.3) is 22.5 Å². The zero-order valence-corrected chi connectivity index (χ0v) is 15.4. The molecule has 0 aliphatic heterocycles. The van der Waals surface area contributed by atoms with E-state index in [9.17, 15) is 4.39 Å². The second kappa shape index (κ2) is 9.44. The van der Waals surface area contributed by atoms with Crippen LogP contribution in [0.5, 0.6) is 0 Å². The Morgan fingerprint density at radius 2 is 1.23 bits per heavy atom. The van der Waals surface area contributed by atoms with Gasteiger partial charge in [-0.2, -0.15) is 0 Å². The molecule has 0 saturated carbocycles. The van der Waals surface area contributed by atoms with Gasteiger partial charge in [-0.05, 0) is 42.4 Å². The Labute approximate surface area is 159 Å². The SMILES string of the molecule is FCCCc1ccc(-c2cnc(-c3ccc(CCCCl)cc3)nc2)cc1. The summed E-state index contributed by atoms with van der Waals surface area (Å²) in [7, 11) is 0. The third-order valence-electron chi connectivity index (χ3n) is 4.35. The number of benzene rings is 2. The lowest BCUT2D eigenvalue weighted by atomic mass is 10.0. The highest BCUT2D eigenvalue weighted by Gasteiger charge is 2.04. The Morgan fingerprint density at radius 1 is 0.692 bits per heavy atom. The molecule has 0 fully saturated rings. The fourth-order valence-electron chi connectivity index (χ4n) is 2.85. The molecule has 0 aliphatic rings. The van der Waals surface area contributed by atoms with Crippen LogP contribution in [0.1, 0.15) is 24.0 Å². The average Bonchev–Trinajstić information content (AvgIpc) is 2.72. The molecule has 0 atom stereocenters. The predicted octanol–water partition coefficient (Wildman–Crippen LogP) is 5.88. The molecule has 0 saturated heterocycles. The van der Waals surface area contributed by atoms with Gasteiger partial charge >= 0.3 is 0 Å². The highest BCUT2D eigenvalue weighted by Crippen LogP contribution is 2.22. The molecule has 0 spiro atoms. The van der Waals surface area contributed by atoms with Gasteiger partial charge in [-0.15, -0.1) is 11.6 Å². The maximum Gasteiger partial charge on any atom is 0.159 e. The van der Waals surface area contributed by atoms with E-state index in [2.05, 4.69) is 34.2 Å². The molecule has 0 aliphatic carbocycles. The number of nitrogens with zero attached hydrogens (tertiary/aromatic N) is 2. The van der Waals surface area contributed by atoms with E-state index < -0.39 is 0 Å². The van der Waals surface area contributed by atoms with Gasteiger partial charge in [-0.3, -0.25) is 4.39 Å². The van der Waals surface area contributed by atoms with Crippen molar-refractivity contribution < 1.29 is 4.39 Å². The van der Waals surface area contributed by atoms with Gasteiger partial charge < -0.3 is 0 Å². The highest BCUT2D eigenvalue weighted by molar-refractivity contribution is 6.17. The summed E-state index contributed by atoms with van der Waals surface area (Å²) in [5.41, 5.74) is 5.48. The molecule has 0 radical (unpaired) electrons. The minimum Gasteiger partial charge on any atom is -0.251 e. The summed E-state index contributed by atoms with van der Waals surface area (Å²) in [6.45, 7) is -0.273. The number of halogens is 2. The topological polar surface area (TPSA) is 25.8 Å². The van der Waals surface area contributed by atoms with Gasteiger partial charge in [-0.25, -0.2) is 9.97 Å². The molecule has 3 aromatic rings. The molecule has 1 aromatic heterocycles. The lowest BCUT2D eigenvalue weighted by Crippen LogP contribution is -1.92. The van der Waals surface area contributed by atoms with E-state index in [0.29, 0.717) is 12.3 Å². The number of hydrogen-bond acceptors (Lipinski definition) is 2. The summed E-state index contributed by atoms with van der Waals surface area (Å²) >= 11 is 5.74. The zero-order chi connectivity index (χ0) is 18.2. The van der Waals surface area contributed by atoms with Crippen molar-refractivity contribution in [3.63, 3.8) is 0 Å². The van der Waals surface area contributed by atoms with Crippen molar-refractivity contribution in [1.29, 1.82) is 0 Å². The van der Waals surface area contributed by atoms with Crippen molar-refractivity contribution in [3.05, 3.63) is 72.1 Å². The van der Waals surface area contributed by atoms with Crippen LogP contribution in [0.3, 0.4) is 0 Å². The van der Waals surface area contributed by atoms with E-state index in [0.717, 1.165) is 47.3 Å². The number of aryl methyl sites for hydroxylation is 2. The Morgan fingerprint density at radius 3 is 1.77 bits per heavy atom. The fourth-order valence-corrected chi connectivity index (χ4v) is 2.99. The van der Waals surface area contributed by atoms with E-state index in [1.165, 1.54) is 5.56 Å². The van der Waals surface area contributed by atoms with Crippen LogP contribution in [0.2, 0.25) is 0 Å². The van der Waals surface area contributed by atoms with Crippen molar-refractivity contribution in [2.45, 2.75) is 25.7 Å². The smallest absolute Gasteiger partial charge is 0.159 e. The standard InChI is InChI=1S/C22H22ClFN2/c23-13-1-3-17-7-11-20(12-8-17)22-25-15-21(16-26-22)19-9-5-18(6-10-19)4-2-14-24/h5-12,15-16H,1-4,13-14H2. The quantitative estimate of drug-likeness (QED) is 0.464. The van der Waals surface area contributed by atoms with Crippen molar-refractivity contribution in [3.8, 4) is 22.5 Å². The lowest BCUT2D eigenvalue weighted by molar-refractivity contribution is 0.473. The van der Waals surface area contributed by atoms with E-state index in [-0.39, 0.29) is 6.67 Å². The molecule has 2 nitrogen and oxygen atoms in total. The maximum absolute atomic E-state index is 12.3. The molecule has 0 bridgehead atoms. The highest BCUT2D eigenvalue weighted by atomic mass is 35.5. The van der Waals surface area contributed by atoms with Crippen LogP contribution >= 0.6 is 11.6 Å². The minimum absolute atomic E-state index is 0.273. The molecule has 0 amide bonds. The summed E-state index contributed by atoms with van der Waals surface area (Å²) in [6.07, 6.45) is 7.01. The minimum atomic E-state index is -0.273. The molecule has 3 rings (SSSR count). The van der Waals surface area contributed by atoms with E-state index in [4.69, 9.17) is 11.6 Å². The first-order valence-corrected chi connectivity index (χ1v) is 9.46. The van der Waals surface area contributed by atoms with E-state index in [1.54, 1.807) is 0 Å². The molecular weight excluding hydrogens is 347 g/mol. The third-order valence-corrected chi connectivity index (χ3v) is 4.62. The largest absolute Gasteiger partial charge is 0.251 e. The van der Waals surface area contributed by atoms with Gasteiger partial charge in [0.2, 0.25) is 0 Å². The van der Waals surface area contributed by atoms with Gasteiger partial charge in [-0.1, -0.05) is 48.5 Å². The Balaban J connectivity index is 1.69. The molecule has 0 unspecified atom stereocenters. The number of aromatic nitrogens is 2. The van der Waals surface area contributed by atoms with E-state index in [1.807, 2.05) is 36.7 Å². The van der Waals surface area contributed by atoms with Crippen LogP contribution in [0.4, 0.5) is 4.39 Å². The first-order valence-electron chi connectivity index (χ1n) is 8.93. The fraction of sp³-hybridized carbons (Fsp3) is 0.273. The summed E-state index contributed by atoms with van der Waals surface area (Å²) < 4.78 is 12.3. The molecule has 2 aromatic carbocycles. The third kappa shape index (κ3) is 4.89. The molecule has 134 valence electrons. The Kier molecular flexibility index (Phi) is 6.73. The summed E-state index contributed by atoms with van der Waals surface area (Å²) in [5, 5.41) is 0. The van der Waals surface area contributed by atoms with Crippen molar-refractivity contribution >= 4 is 11.6 Å². The second-order valence-corrected chi connectivity index (χ2v) is 6.65. The summed E-state index contributed by atoms with van der Waals surface area (Å²) in [5.74, 6) is 1.40. The number of hydrogen-bond donors (Lipinski definition) is 0. The Hall–Kier alpha value is -2.26. The van der Waals surface area contributed by atoms with Gasteiger partial charge in [0.1, 0.15) is 0 Å². The van der Waals surface area contributed by atoms with E-state index >= 15 is 0 Å². The van der Waals surface area contributed by atoms with Crippen LogP contribution in [0.15, 0.2) is 60.9 Å². The molecule has 26 heavy (non-hydrogen) atoms. The number of alkyl halides is 2. The van der Waals surface area contributed by atoms with Gasteiger partial charge in [0.25, 0.3) is 0 Å². The van der Waals surface area contributed by atoms with Crippen molar-refractivity contribution in [1.82, 2.24) is 9.97 Å². The van der Waals surface area contributed by atoms with Crippen molar-refractivity contribution in [2.75, 3.05) is 12.6 Å². The van der Waals surface area contributed by atoms with Crippen LogP contribution in [-0.2, 0) is 12.8 Å². The Bertz CT molecular complexity index is 729. The first-order chi connectivity index (χ1) is 12.8. The first kappa shape index (κ1) is 18.5. The summed E-state index contributed by atoms with van der Waals surface area (Å²) in [4.78, 5) is 9.01. The number of rotatable bonds is 8. The molecule has 4 heteroatoms. The average molecular weight is 369 g/mol. The second-order valence-electron chi connectivity index (χ2n) is 6.27. The lowest BCUT2D eigenvalue weighted by Gasteiger charge is -2.06. The predicted molar refractivity (Wildman–Crippen MR) is 106 cm³/mol. The van der Waals surface area contributed by atoms with Crippen LogP contribution < -0.4 is 0 Å². The van der Waals surface area contributed by atoms with Gasteiger partial charge in [0.15, 0.2) is 5.82 Å². The maximum atomic E-state index is 12.3. The van der Waals surface area contributed by atoms with Gasteiger partial charge in [0, 0.05) is 29.4 Å². The van der Waals surface area contributed by atoms with Crippen LogP contribution in [0, 0.1) is 0 Å². The molecule has 0 N–H and O–H groups in total. The van der Waals surface area contributed by atoms with Crippen LogP contribution in [-0.4, -0.2) is 22.5 Å². The summed E-state index contributed by atoms with van der Waals surface area (Å²) in [6, 6.07) is 16.5. The monoisotopic (exact) mass is 368 g/mol. The van der Waals surface area contributed by atoms with Crippen molar-refractivity contribution in [2.24, 2.45) is 0 Å². The van der Waals surface area contributed by atoms with Gasteiger partial charge in [0.05, 0.1) is 6.67 Å². The molecular formula is C22H22ClFN2. The zero-order valence-electron chi connectivity index (χ0n) is 14.7. The normalized spacial score (nSPS) is 10.8.